The predicted molar refractivity (Wildman–Crippen MR) is 83.3 cm³/mol. The Morgan fingerprint density at radius 1 is 1.22 bits per heavy atom. The molecule has 1 spiro atoms. The summed E-state index contributed by atoms with van der Waals surface area (Å²) < 4.78 is 12.0. The third kappa shape index (κ3) is 2.96. The van der Waals surface area contributed by atoms with Crippen molar-refractivity contribution in [1.82, 2.24) is 19.9 Å². The van der Waals surface area contributed by atoms with Crippen LogP contribution in [0.3, 0.4) is 0 Å². The lowest BCUT2D eigenvalue weighted by Crippen LogP contribution is -2.66. The molecular formula is C16H19N5O2. The smallest absolute Gasteiger partial charge is 0.316 e. The minimum absolute atomic E-state index is 0.0874. The molecule has 23 heavy (non-hydrogen) atoms. The average molecular weight is 313 g/mol. The van der Waals surface area contributed by atoms with Crippen LogP contribution in [-0.2, 0) is 4.74 Å². The lowest BCUT2D eigenvalue weighted by atomic mass is 9.85. The number of anilines is 1. The SMILES string of the molecule is Cc1ccnc(O[C@H]2CCOC3(C2)CN(c2ncccn2)C3)n1. The highest BCUT2D eigenvalue weighted by Gasteiger charge is 2.49. The Hall–Kier alpha value is -2.28. The van der Waals surface area contributed by atoms with Crippen LogP contribution in [0.25, 0.3) is 0 Å². The Balaban J connectivity index is 1.39. The Morgan fingerprint density at radius 3 is 2.83 bits per heavy atom. The molecule has 4 heterocycles. The van der Waals surface area contributed by atoms with Gasteiger partial charge in [-0.25, -0.2) is 19.9 Å². The third-order valence-electron chi connectivity index (χ3n) is 4.29. The van der Waals surface area contributed by atoms with Gasteiger partial charge in [-0.3, -0.25) is 0 Å². The predicted octanol–water partition coefficient (Wildman–Crippen LogP) is 1.39. The molecule has 0 unspecified atom stereocenters. The van der Waals surface area contributed by atoms with E-state index < -0.39 is 0 Å². The van der Waals surface area contributed by atoms with Crippen molar-refractivity contribution in [2.75, 3.05) is 24.6 Å². The van der Waals surface area contributed by atoms with Gasteiger partial charge in [-0.05, 0) is 19.1 Å². The molecule has 2 aromatic rings. The number of rotatable bonds is 3. The highest BCUT2D eigenvalue weighted by Crippen LogP contribution is 2.36. The second-order valence-electron chi connectivity index (χ2n) is 6.15. The summed E-state index contributed by atoms with van der Waals surface area (Å²) >= 11 is 0. The molecule has 7 nitrogen and oxygen atoms in total. The van der Waals surface area contributed by atoms with Gasteiger partial charge in [-0.1, -0.05) is 0 Å². The molecule has 0 bridgehead atoms. The van der Waals surface area contributed by atoms with Crippen molar-refractivity contribution in [2.24, 2.45) is 0 Å². The molecule has 1 atom stereocenters. The van der Waals surface area contributed by atoms with Gasteiger partial charge in [0, 0.05) is 37.1 Å². The van der Waals surface area contributed by atoms with E-state index >= 15 is 0 Å². The lowest BCUT2D eigenvalue weighted by molar-refractivity contribution is -0.127. The molecule has 2 fully saturated rings. The van der Waals surface area contributed by atoms with Crippen LogP contribution < -0.4 is 9.64 Å². The fraction of sp³-hybridized carbons (Fsp3) is 0.500. The molecule has 2 aromatic heterocycles. The Bertz CT molecular complexity index is 675. The van der Waals surface area contributed by atoms with Crippen LogP contribution in [0.5, 0.6) is 6.01 Å². The molecule has 7 heteroatoms. The number of aryl methyl sites for hydroxylation is 1. The molecule has 0 amide bonds. The standard InChI is InChI=1S/C16H19N5O2/c1-12-3-7-19-15(20-12)23-13-4-8-22-16(9-13)10-21(11-16)14-17-5-2-6-18-14/h2-3,5-7,13H,4,8-11H2,1H3/t13-/m0/s1. The minimum Gasteiger partial charge on any atom is -0.460 e. The van der Waals surface area contributed by atoms with E-state index in [1.165, 1.54) is 0 Å². The second-order valence-corrected chi connectivity index (χ2v) is 6.15. The van der Waals surface area contributed by atoms with Gasteiger partial charge in [0.2, 0.25) is 5.95 Å². The molecule has 2 aliphatic heterocycles. The fourth-order valence-electron chi connectivity index (χ4n) is 3.18. The first-order valence-corrected chi connectivity index (χ1v) is 7.85. The van der Waals surface area contributed by atoms with Crippen LogP contribution in [-0.4, -0.2) is 51.3 Å². The maximum absolute atomic E-state index is 6.03. The first kappa shape index (κ1) is 14.3. The van der Waals surface area contributed by atoms with Crippen LogP contribution in [0.2, 0.25) is 0 Å². The largest absolute Gasteiger partial charge is 0.460 e. The van der Waals surface area contributed by atoms with Crippen molar-refractivity contribution in [3.8, 4) is 6.01 Å². The zero-order valence-corrected chi connectivity index (χ0v) is 13.1. The van der Waals surface area contributed by atoms with Crippen LogP contribution in [0.15, 0.2) is 30.7 Å². The molecular weight excluding hydrogens is 294 g/mol. The molecule has 2 aliphatic rings. The van der Waals surface area contributed by atoms with E-state index in [2.05, 4.69) is 24.8 Å². The summed E-state index contributed by atoms with van der Waals surface area (Å²) in [4.78, 5) is 19.2. The molecule has 0 aliphatic carbocycles. The maximum Gasteiger partial charge on any atom is 0.316 e. The Labute approximate surface area is 134 Å². The number of aromatic nitrogens is 4. The number of nitrogens with zero attached hydrogens (tertiary/aromatic N) is 5. The second kappa shape index (κ2) is 5.73. The van der Waals surface area contributed by atoms with Gasteiger partial charge in [0.05, 0.1) is 19.7 Å². The molecule has 0 radical (unpaired) electrons. The first-order chi connectivity index (χ1) is 11.2. The minimum atomic E-state index is -0.161. The highest BCUT2D eigenvalue weighted by atomic mass is 16.5. The van der Waals surface area contributed by atoms with Crippen molar-refractivity contribution >= 4 is 5.95 Å². The van der Waals surface area contributed by atoms with E-state index in [1.54, 1.807) is 18.6 Å². The van der Waals surface area contributed by atoms with Gasteiger partial charge >= 0.3 is 6.01 Å². The fourth-order valence-corrected chi connectivity index (χ4v) is 3.18. The van der Waals surface area contributed by atoms with Crippen LogP contribution >= 0.6 is 0 Å². The zero-order valence-electron chi connectivity index (χ0n) is 13.1. The summed E-state index contributed by atoms with van der Waals surface area (Å²) in [5, 5.41) is 0. The van der Waals surface area contributed by atoms with E-state index in [9.17, 15) is 0 Å². The van der Waals surface area contributed by atoms with Gasteiger partial charge in [0.1, 0.15) is 11.7 Å². The van der Waals surface area contributed by atoms with E-state index in [0.29, 0.717) is 12.6 Å². The summed E-state index contributed by atoms with van der Waals surface area (Å²) in [7, 11) is 0. The molecule has 0 aromatic carbocycles. The Morgan fingerprint density at radius 2 is 2.04 bits per heavy atom. The normalized spacial score (nSPS) is 22.7. The number of ether oxygens (including phenoxy) is 2. The maximum atomic E-state index is 6.03. The van der Waals surface area contributed by atoms with Crippen LogP contribution in [0.1, 0.15) is 18.5 Å². The van der Waals surface area contributed by atoms with Gasteiger partial charge < -0.3 is 14.4 Å². The highest BCUT2D eigenvalue weighted by molar-refractivity contribution is 5.37. The number of hydrogen-bond donors (Lipinski definition) is 0. The van der Waals surface area contributed by atoms with Gasteiger partial charge in [0.15, 0.2) is 0 Å². The molecule has 120 valence electrons. The van der Waals surface area contributed by atoms with Crippen molar-refractivity contribution in [3.63, 3.8) is 0 Å². The monoisotopic (exact) mass is 313 g/mol. The zero-order chi connectivity index (χ0) is 15.7. The first-order valence-electron chi connectivity index (χ1n) is 7.85. The summed E-state index contributed by atoms with van der Waals surface area (Å²) in [5.74, 6) is 0.756. The van der Waals surface area contributed by atoms with Gasteiger partial charge in [0.25, 0.3) is 0 Å². The van der Waals surface area contributed by atoms with Crippen LogP contribution in [0, 0.1) is 6.92 Å². The molecule has 0 N–H and O–H groups in total. The van der Waals surface area contributed by atoms with Crippen LogP contribution in [0.4, 0.5) is 5.95 Å². The van der Waals surface area contributed by atoms with Crippen molar-refractivity contribution < 1.29 is 9.47 Å². The van der Waals surface area contributed by atoms with E-state index in [1.807, 2.05) is 19.1 Å². The molecule has 2 saturated heterocycles. The summed E-state index contributed by atoms with van der Waals surface area (Å²) in [5.41, 5.74) is 0.749. The van der Waals surface area contributed by atoms with E-state index in [0.717, 1.165) is 37.6 Å². The third-order valence-corrected chi connectivity index (χ3v) is 4.29. The Kier molecular flexibility index (Phi) is 3.57. The number of hydrogen-bond acceptors (Lipinski definition) is 7. The van der Waals surface area contributed by atoms with Gasteiger partial charge in [-0.2, -0.15) is 0 Å². The lowest BCUT2D eigenvalue weighted by Gasteiger charge is -2.52. The molecule has 4 rings (SSSR count). The van der Waals surface area contributed by atoms with Gasteiger partial charge in [-0.15, -0.1) is 0 Å². The quantitative estimate of drug-likeness (QED) is 0.847. The van der Waals surface area contributed by atoms with Crippen molar-refractivity contribution in [1.29, 1.82) is 0 Å². The van der Waals surface area contributed by atoms with E-state index in [4.69, 9.17) is 9.47 Å². The summed E-state index contributed by atoms with van der Waals surface area (Å²) in [6.07, 6.45) is 7.04. The summed E-state index contributed by atoms with van der Waals surface area (Å²) in [6, 6.07) is 4.14. The van der Waals surface area contributed by atoms with Crippen molar-refractivity contribution in [2.45, 2.75) is 31.5 Å². The summed E-state index contributed by atoms with van der Waals surface area (Å²) in [6.45, 7) is 4.22. The average Bonchev–Trinajstić information content (AvgIpc) is 2.54. The topological polar surface area (TPSA) is 73.3 Å². The van der Waals surface area contributed by atoms with Crippen molar-refractivity contribution in [3.05, 3.63) is 36.4 Å². The van der Waals surface area contributed by atoms with E-state index in [-0.39, 0.29) is 11.7 Å². The molecule has 0 saturated carbocycles.